The molecule has 0 aromatic carbocycles. The van der Waals surface area contributed by atoms with Crippen LogP contribution in [-0.2, 0) is 0 Å². The molecule has 3 nitrogen and oxygen atoms in total. The number of aliphatic imine (C=N–C) groups is 1. The number of nitrogens with one attached hydrogen (secondary N) is 1. The van der Waals surface area contributed by atoms with E-state index in [4.69, 9.17) is 11.1 Å². The fraction of sp³-hybridized carbons (Fsp3) is 0.778. The SMILES string of the molecule is N=C(N)/N=C/C(C1CC1)C1CC1. The normalized spacial score (nSPS) is 23.8. The number of nitrogens with two attached hydrogens (primary N) is 1. The van der Waals surface area contributed by atoms with E-state index in [0.717, 1.165) is 11.8 Å². The molecular formula is C9H15N3. The highest BCUT2D eigenvalue weighted by atomic mass is 15.0. The zero-order chi connectivity index (χ0) is 8.55. The third-order valence-corrected chi connectivity index (χ3v) is 2.72. The van der Waals surface area contributed by atoms with Crippen LogP contribution < -0.4 is 5.73 Å². The molecule has 0 amide bonds. The van der Waals surface area contributed by atoms with Gasteiger partial charge in [0.1, 0.15) is 0 Å². The lowest BCUT2D eigenvalue weighted by Crippen LogP contribution is -2.12. The molecule has 0 aromatic rings. The van der Waals surface area contributed by atoms with E-state index in [0.29, 0.717) is 5.92 Å². The highest BCUT2D eigenvalue weighted by molar-refractivity contribution is 5.84. The van der Waals surface area contributed by atoms with Crippen LogP contribution in [0.1, 0.15) is 25.7 Å². The Balaban J connectivity index is 1.91. The maximum Gasteiger partial charge on any atom is 0.212 e. The largest absolute Gasteiger partial charge is 0.368 e. The van der Waals surface area contributed by atoms with Crippen LogP contribution in [0.2, 0.25) is 0 Å². The molecule has 2 saturated carbocycles. The summed E-state index contributed by atoms with van der Waals surface area (Å²) in [6, 6.07) is 0. The molecule has 12 heavy (non-hydrogen) atoms. The van der Waals surface area contributed by atoms with Gasteiger partial charge in [-0.3, -0.25) is 5.41 Å². The number of nitrogens with zero attached hydrogens (tertiary/aromatic N) is 1. The second-order valence-electron chi connectivity index (χ2n) is 3.92. The van der Waals surface area contributed by atoms with Crippen molar-refractivity contribution in [1.29, 1.82) is 5.41 Å². The van der Waals surface area contributed by atoms with Gasteiger partial charge in [-0.15, -0.1) is 0 Å². The lowest BCUT2D eigenvalue weighted by molar-refractivity contribution is 0.545. The minimum Gasteiger partial charge on any atom is -0.368 e. The quantitative estimate of drug-likeness (QED) is 0.481. The molecule has 2 aliphatic rings. The number of hydrogen-bond acceptors (Lipinski definition) is 1. The van der Waals surface area contributed by atoms with E-state index in [-0.39, 0.29) is 5.96 Å². The summed E-state index contributed by atoms with van der Waals surface area (Å²) in [5.74, 6) is 2.30. The first-order chi connectivity index (χ1) is 5.77. The summed E-state index contributed by atoms with van der Waals surface area (Å²) in [6.45, 7) is 0. The third kappa shape index (κ3) is 1.84. The predicted molar refractivity (Wildman–Crippen MR) is 49.3 cm³/mol. The van der Waals surface area contributed by atoms with Gasteiger partial charge in [0.05, 0.1) is 0 Å². The summed E-state index contributed by atoms with van der Waals surface area (Å²) in [5, 5.41) is 6.99. The summed E-state index contributed by atoms with van der Waals surface area (Å²) in [7, 11) is 0. The molecular weight excluding hydrogens is 150 g/mol. The van der Waals surface area contributed by atoms with Crippen LogP contribution >= 0.6 is 0 Å². The highest BCUT2D eigenvalue weighted by Crippen LogP contribution is 2.48. The van der Waals surface area contributed by atoms with E-state index >= 15 is 0 Å². The summed E-state index contributed by atoms with van der Waals surface area (Å²) in [5.41, 5.74) is 5.17. The monoisotopic (exact) mass is 165 g/mol. The molecule has 3 heteroatoms. The second-order valence-corrected chi connectivity index (χ2v) is 3.92. The maximum absolute atomic E-state index is 6.99. The van der Waals surface area contributed by atoms with Crippen molar-refractivity contribution in [2.24, 2.45) is 28.5 Å². The Morgan fingerprint density at radius 2 is 1.83 bits per heavy atom. The standard InChI is InChI=1S/C9H15N3/c10-9(11)12-5-8(6-1-2-6)7-3-4-7/h5-8H,1-4H2,(H3,10,11)/b12-5+. The Hall–Kier alpha value is -0.860. The number of rotatable bonds is 3. The van der Waals surface area contributed by atoms with Crippen LogP contribution in [0.4, 0.5) is 0 Å². The molecule has 2 aliphatic carbocycles. The number of guanidine groups is 1. The second kappa shape index (κ2) is 2.88. The number of hydrogen-bond donors (Lipinski definition) is 2. The van der Waals surface area contributed by atoms with Crippen LogP contribution in [0.25, 0.3) is 0 Å². The van der Waals surface area contributed by atoms with Crippen LogP contribution in [0.3, 0.4) is 0 Å². The van der Waals surface area contributed by atoms with Gasteiger partial charge in [-0.2, -0.15) is 0 Å². The minimum atomic E-state index is -0.0544. The van der Waals surface area contributed by atoms with Gasteiger partial charge in [-0.05, 0) is 37.5 Å². The Morgan fingerprint density at radius 1 is 1.33 bits per heavy atom. The van der Waals surface area contributed by atoms with Crippen molar-refractivity contribution in [1.82, 2.24) is 0 Å². The van der Waals surface area contributed by atoms with E-state index in [9.17, 15) is 0 Å². The average Bonchev–Trinajstić information content (AvgIpc) is 2.83. The maximum atomic E-state index is 6.99. The van der Waals surface area contributed by atoms with Gasteiger partial charge in [0.15, 0.2) is 0 Å². The first-order valence-electron chi connectivity index (χ1n) is 4.65. The predicted octanol–water partition coefficient (Wildman–Crippen LogP) is 1.39. The van der Waals surface area contributed by atoms with E-state index < -0.39 is 0 Å². The molecule has 0 aromatic heterocycles. The van der Waals surface area contributed by atoms with Gasteiger partial charge in [-0.1, -0.05) is 0 Å². The fourth-order valence-corrected chi connectivity index (χ4v) is 1.76. The first kappa shape index (κ1) is 7.77. The topological polar surface area (TPSA) is 62.2 Å². The van der Waals surface area contributed by atoms with E-state index in [1.807, 2.05) is 6.21 Å². The molecule has 0 bridgehead atoms. The van der Waals surface area contributed by atoms with Crippen LogP contribution in [0.15, 0.2) is 4.99 Å². The van der Waals surface area contributed by atoms with Gasteiger partial charge in [-0.25, -0.2) is 4.99 Å². The first-order valence-corrected chi connectivity index (χ1v) is 4.65. The zero-order valence-electron chi connectivity index (χ0n) is 7.16. The zero-order valence-corrected chi connectivity index (χ0v) is 7.16. The smallest absolute Gasteiger partial charge is 0.212 e. The van der Waals surface area contributed by atoms with Crippen molar-refractivity contribution < 1.29 is 0 Å². The molecule has 2 rings (SSSR count). The molecule has 0 atom stereocenters. The molecule has 0 heterocycles. The van der Waals surface area contributed by atoms with Crippen molar-refractivity contribution in [3.8, 4) is 0 Å². The Kier molecular flexibility index (Phi) is 1.87. The van der Waals surface area contributed by atoms with Gasteiger partial charge < -0.3 is 5.73 Å². The third-order valence-electron chi connectivity index (χ3n) is 2.72. The molecule has 3 N–H and O–H groups in total. The summed E-state index contributed by atoms with van der Waals surface area (Å²) < 4.78 is 0. The van der Waals surface area contributed by atoms with Crippen LogP contribution in [0.5, 0.6) is 0 Å². The Labute approximate surface area is 72.6 Å². The summed E-state index contributed by atoms with van der Waals surface area (Å²) in [6.07, 6.45) is 7.32. The summed E-state index contributed by atoms with van der Waals surface area (Å²) in [4.78, 5) is 3.88. The molecule has 2 fully saturated rings. The Morgan fingerprint density at radius 3 is 2.17 bits per heavy atom. The van der Waals surface area contributed by atoms with Crippen molar-refractivity contribution in [3.63, 3.8) is 0 Å². The van der Waals surface area contributed by atoms with Gasteiger partial charge in [0.25, 0.3) is 0 Å². The summed E-state index contributed by atoms with van der Waals surface area (Å²) >= 11 is 0. The van der Waals surface area contributed by atoms with Crippen molar-refractivity contribution >= 4 is 12.2 Å². The van der Waals surface area contributed by atoms with Crippen molar-refractivity contribution in [3.05, 3.63) is 0 Å². The van der Waals surface area contributed by atoms with E-state index in [2.05, 4.69) is 4.99 Å². The van der Waals surface area contributed by atoms with Crippen molar-refractivity contribution in [2.75, 3.05) is 0 Å². The van der Waals surface area contributed by atoms with Gasteiger partial charge >= 0.3 is 0 Å². The van der Waals surface area contributed by atoms with E-state index in [1.54, 1.807) is 0 Å². The van der Waals surface area contributed by atoms with Gasteiger partial charge in [0.2, 0.25) is 5.96 Å². The molecule has 0 spiro atoms. The van der Waals surface area contributed by atoms with Crippen LogP contribution in [0, 0.1) is 23.2 Å². The molecule has 0 aliphatic heterocycles. The Bertz CT molecular complexity index is 202. The van der Waals surface area contributed by atoms with Gasteiger partial charge in [0, 0.05) is 12.1 Å². The van der Waals surface area contributed by atoms with Crippen molar-refractivity contribution in [2.45, 2.75) is 25.7 Å². The molecule has 0 radical (unpaired) electrons. The molecule has 66 valence electrons. The average molecular weight is 165 g/mol. The molecule has 0 unspecified atom stereocenters. The fourth-order valence-electron chi connectivity index (χ4n) is 1.76. The lowest BCUT2D eigenvalue weighted by atomic mass is 10.00. The molecule has 0 saturated heterocycles. The lowest BCUT2D eigenvalue weighted by Gasteiger charge is -2.07. The van der Waals surface area contributed by atoms with Crippen LogP contribution in [-0.4, -0.2) is 12.2 Å². The minimum absolute atomic E-state index is 0.0544. The van der Waals surface area contributed by atoms with E-state index in [1.165, 1.54) is 25.7 Å². The highest BCUT2D eigenvalue weighted by Gasteiger charge is 2.40.